The number of nitrogens with zero attached hydrogens (tertiary/aromatic N) is 8. The van der Waals surface area contributed by atoms with Crippen LogP contribution in [0.3, 0.4) is 0 Å². The van der Waals surface area contributed by atoms with Crippen molar-refractivity contribution in [1.82, 2.24) is 29.9 Å². The number of ether oxygens (including phenoxy) is 1. The highest BCUT2D eigenvalue weighted by atomic mass is 32.2. The Kier molecular flexibility index (Phi) is 16.1. The summed E-state index contributed by atoms with van der Waals surface area (Å²) in [5.41, 5.74) is -0.195. The van der Waals surface area contributed by atoms with Gasteiger partial charge in [-0.25, -0.2) is 0 Å². The van der Waals surface area contributed by atoms with E-state index in [1.165, 1.54) is 41.2 Å². The number of methoxy groups -OCH3 is 1. The first kappa shape index (κ1) is 46.3. The summed E-state index contributed by atoms with van der Waals surface area (Å²) in [5.74, 6) is -1.35. The maximum atomic E-state index is 12.6. The molecule has 0 spiro atoms. The molecule has 2 aromatic heterocycles. The van der Waals surface area contributed by atoms with Gasteiger partial charge in [0.2, 0.25) is 29.7 Å². The maximum absolute atomic E-state index is 12.6. The molecular formula is C31H41N11O14S3. The van der Waals surface area contributed by atoms with Crippen molar-refractivity contribution < 1.29 is 64.1 Å². The zero-order chi connectivity index (χ0) is 43.4. The number of rotatable bonds is 23. The van der Waals surface area contributed by atoms with Crippen molar-refractivity contribution in [2.45, 2.75) is 9.79 Å². The minimum atomic E-state index is -4.97. The normalized spacial score (nSPS) is 12.1. The standard InChI is InChI=1S/C31H41N11O14S3/c1-56-31-39-28(38-30(40-31)42(11-15-45)12-16-46)34-23-7-5-21(25(19-23)59(53,54)55)3-2-20-4-6-22(18-24(20)58(50,51)52)33-27-35-26(32-8-17-57(47,48)49)36-29(37-27)41(9-13-43)10-14-44/h2-7,18-19,43-46H,8-17H2,1H3,(H,47,48,49)(H,50,51,52)(H,53,54,55)(H,34,38,39,40)(H2,32,33,35,36,37)/b3-2+. The van der Waals surface area contributed by atoms with Crippen molar-refractivity contribution in [3.63, 3.8) is 0 Å². The van der Waals surface area contributed by atoms with Crippen molar-refractivity contribution >= 4 is 83.6 Å². The molecule has 0 fully saturated rings. The summed E-state index contributed by atoms with van der Waals surface area (Å²) in [4.78, 5) is 26.4. The molecule has 0 saturated heterocycles. The van der Waals surface area contributed by atoms with Crippen LogP contribution in [0.25, 0.3) is 12.2 Å². The summed E-state index contributed by atoms with van der Waals surface area (Å²) in [5, 5.41) is 45.9. The van der Waals surface area contributed by atoms with Crippen LogP contribution in [-0.4, -0.2) is 161 Å². The van der Waals surface area contributed by atoms with E-state index in [0.717, 1.165) is 24.3 Å². The molecule has 0 radical (unpaired) electrons. The smallest absolute Gasteiger partial charge is 0.322 e. The number of nitrogens with one attached hydrogen (secondary N) is 3. The van der Waals surface area contributed by atoms with Gasteiger partial charge < -0.3 is 50.9 Å². The molecule has 0 amide bonds. The molecule has 322 valence electrons. The second-order valence-corrected chi connectivity index (χ2v) is 16.2. The number of hydrogen-bond donors (Lipinski definition) is 10. The lowest BCUT2D eigenvalue weighted by Crippen LogP contribution is -2.32. The van der Waals surface area contributed by atoms with Crippen LogP contribution >= 0.6 is 0 Å². The molecule has 10 N–H and O–H groups in total. The average molecular weight is 888 g/mol. The SMILES string of the molecule is COc1nc(Nc2ccc(/C=C/c3ccc(Nc4nc(NCCS(=O)(=O)O)nc(N(CCO)CCO)n4)cc3S(=O)(=O)O)c(S(=O)(=O)O)c2)nc(N(CCO)CCO)n1. The first-order chi connectivity index (χ1) is 27.9. The molecule has 0 bridgehead atoms. The van der Waals surface area contributed by atoms with Crippen molar-refractivity contribution in [1.29, 1.82) is 0 Å². The van der Waals surface area contributed by atoms with Gasteiger partial charge in [-0.2, -0.15) is 55.2 Å². The largest absolute Gasteiger partial charge is 0.467 e. The highest BCUT2D eigenvalue weighted by Gasteiger charge is 2.20. The van der Waals surface area contributed by atoms with E-state index in [-0.39, 0.29) is 117 Å². The van der Waals surface area contributed by atoms with Gasteiger partial charge in [-0.1, -0.05) is 24.3 Å². The average Bonchev–Trinajstić information content (AvgIpc) is 3.16. The molecule has 0 saturated carbocycles. The topological polar surface area (TPSA) is 373 Å². The summed E-state index contributed by atoms with van der Waals surface area (Å²) >= 11 is 0. The number of anilines is 7. The third-order valence-electron chi connectivity index (χ3n) is 7.64. The predicted octanol–water partition coefficient (Wildman–Crippen LogP) is -0.902. The van der Waals surface area contributed by atoms with Crippen LogP contribution in [0.15, 0.2) is 46.2 Å². The molecule has 28 heteroatoms. The van der Waals surface area contributed by atoms with E-state index < -0.39 is 45.9 Å². The Labute approximate surface area is 337 Å². The Morgan fingerprint density at radius 3 is 1.44 bits per heavy atom. The van der Waals surface area contributed by atoms with Gasteiger partial charge in [0.25, 0.3) is 30.4 Å². The lowest BCUT2D eigenvalue weighted by molar-refractivity contribution is 0.279. The summed E-state index contributed by atoms with van der Waals surface area (Å²) in [6, 6.07) is 7.13. The second kappa shape index (κ2) is 20.5. The third-order valence-corrected chi connectivity index (χ3v) is 10.2. The molecule has 0 atom stereocenters. The number of aromatic nitrogens is 6. The van der Waals surface area contributed by atoms with Gasteiger partial charge in [0.05, 0.1) is 39.3 Å². The molecule has 0 aliphatic heterocycles. The van der Waals surface area contributed by atoms with Crippen molar-refractivity contribution in [3.05, 3.63) is 47.5 Å². The highest BCUT2D eigenvalue weighted by Crippen LogP contribution is 2.29. The zero-order valence-corrected chi connectivity index (χ0v) is 33.4. The van der Waals surface area contributed by atoms with Crippen molar-refractivity contribution in [2.24, 2.45) is 0 Å². The van der Waals surface area contributed by atoms with Crippen LogP contribution < -0.4 is 30.5 Å². The van der Waals surface area contributed by atoms with Crippen LogP contribution in [0.1, 0.15) is 11.1 Å². The van der Waals surface area contributed by atoms with E-state index in [2.05, 4.69) is 45.9 Å². The fourth-order valence-corrected chi connectivity index (χ4v) is 6.84. The minimum absolute atomic E-state index is 0.00492. The van der Waals surface area contributed by atoms with Gasteiger partial charge in [0, 0.05) is 44.1 Å². The second-order valence-electron chi connectivity index (χ2n) is 11.8. The van der Waals surface area contributed by atoms with Crippen LogP contribution in [-0.2, 0) is 30.4 Å². The monoisotopic (exact) mass is 887 g/mol. The Bertz CT molecular complexity index is 2430. The number of hydrogen-bond acceptors (Lipinski definition) is 22. The summed E-state index contributed by atoms with van der Waals surface area (Å²) < 4.78 is 107. The molecule has 2 aromatic carbocycles. The maximum Gasteiger partial charge on any atom is 0.322 e. The molecule has 25 nitrogen and oxygen atoms in total. The number of benzene rings is 2. The first-order valence-electron chi connectivity index (χ1n) is 17.0. The first-order valence-corrected chi connectivity index (χ1v) is 21.5. The summed E-state index contributed by atoms with van der Waals surface area (Å²) in [6.07, 6.45) is 2.32. The third kappa shape index (κ3) is 13.8. The van der Waals surface area contributed by atoms with E-state index in [9.17, 15) is 54.8 Å². The molecule has 0 aliphatic rings. The van der Waals surface area contributed by atoms with Gasteiger partial charge in [-0.3, -0.25) is 13.7 Å². The molecule has 4 rings (SSSR count). The molecule has 0 aliphatic carbocycles. The Morgan fingerprint density at radius 2 is 1.03 bits per heavy atom. The fraction of sp³-hybridized carbons (Fsp3) is 0.355. The van der Waals surface area contributed by atoms with E-state index in [0.29, 0.717) is 0 Å². The Morgan fingerprint density at radius 1 is 0.610 bits per heavy atom. The van der Waals surface area contributed by atoms with E-state index in [1.54, 1.807) is 0 Å². The quantitative estimate of drug-likeness (QED) is 0.0318. The van der Waals surface area contributed by atoms with Crippen molar-refractivity contribution in [3.8, 4) is 6.01 Å². The van der Waals surface area contributed by atoms with Gasteiger partial charge in [-0.05, 0) is 35.4 Å². The van der Waals surface area contributed by atoms with Crippen LogP contribution in [0.2, 0.25) is 0 Å². The fourth-order valence-electron chi connectivity index (χ4n) is 5.06. The molecule has 59 heavy (non-hydrogen) atoms. The summed E-state index contributed by atoms with van der Waals surface area (Å²) in [6.45, 7) is -1.61. The number of aliphatic hydroxyl groups excluding tert-OH is 4. The van der Waals surface area contributed by atoms with Crippen LogP contribution in [0, 0.1) is 0 Å². The van der Waals surface area contributed by atoms with E-state index >= 15 is 0 Å². The summed E-state index contributed by atoms with van der Waals surface area (Å²) in [7, 11) is -13.0. The number of aliphatic hydroxyl groups is 4. The molecule has 0 unspecified atom stereocenters. The molecular weight excluding hydrogens is 847 g/mol. The van der Waals surface area contributed by atoms with Crippen molar-refractivity contribution in [2.75, 3.05) is 97.8 Å². The Balaban J connectivity index is 1.68. The zero-order valence-electron chi connectivity index (χ0n) is 31.0. The molecule has 2 heterocycles. The van der Waals surface area contributed by atoms with Gasteiger partial charge in [0.1, 0.15) is 9.79 Å². The molecule has 4 aromatic rings. The van der Waals surface area contributed by atoms with Gasteiger partial charge in [0.15, 0.2) is 0 Å². The van der Waals surface area contributed by atoms with Crippen LogP contribution in [0.4, 0.5) is 41.1 Å². The predicted molar refractivity (Wildman–Crippen MR) is 212 cm³/mol. The minimum Gasteiger partial charge on any atom is -0.467 e. The van der Waals surface area contributed by atoms with E-state index in [4.69, 9.17) is 9.29 Å². The Hall–Kier alpha value is -5.43. The van der Waals surface area contributed by atoms with E-state index in [1.807, 2.05) is 0 Å². The van der Waals surface area contributed by atoms with Gasteiger partial charge in [-0.15, -0.1) is 0 Å². The van der Waals surface area contributed by atoms with Crippen LogP contribution in [0.5, 0.6) is 6.01 Å². The lowest BCUT2D eigenvalue weighted by Gasteiger charge is -2.21. The lowest BCUT2D eigenvalue weighted by atomic mass is 10.1. The highest BCUT2D eigenvalue weighted by molar-refractivity contribution is 7.86. The van der Waals surface area contributed by atoms with Gasteiger partial charge >= 0.3 is 6.01 Å².